The third-order valence-electron chi connectivity index (χ3n) is 9.35. The second kappa shape index (κ2) is 13.7. The number of hydrazine groups is 1. The van der Waals surface area contributed by atoms with E-state index in [1.807, 2.05) is 56.3 Å². The van der Waals surface area contributed by atoms with Gasteiger partial charge in [-0.25, -0.2) is 10.4 Å². The molecule has 45 heavy (non-hydrogen) atoms. The number of hydrogen-bond acceptors (Lipinski definition) is 8. The topological polar surface area (TPSA) is 139 Å². The fourth-order valence-electron chi connectivity index (χ4n) is 6.40. The third-order valence-corrected chi connectivity index (χ3v) is 9.35. The number of pyridine rings is 1. The number of cyclic esters (lactones) is 1. The number of amides is 3. The first kappa shape index (κ1) is 32.6. The molecule has 5 rings (SSSR count). The van der Waals surface area contributed by atoms with Crippen LogP contribution in [-0.2, 0) is 28.7 Å². The lowest BCUT2D eigenvalue weighted by atomic mass is 9.71. The van der Waals surface area contributed by atoms with Crippen molar-refractivity contribution in [2.45, 2.75) is 96.6 Å². The Hall–Kier alpha value is -3.83. The van der Waals surface area contributed by atoms with Crippen LogP contribution < -0.4 is 16.1 Å². The zero-order chi connectivity index (χ0) is 32.3. The maximum absolute atomic E-state index is 14.1. The number of ether oxygens (including phenoxy) is 2. The SMILES string of the molecule is COC1CCC2(C=Cc3ccc4ccc(nc4c3)[C@@H](C)OC(=O)[C@@H]3CCCN(N3)C(=O)[C@H](C)NC(=O)[C@H](C(C)C)NC2=O)CC1. The molecule has 11 nitrogen and oxygen atoms in total. The van der Waals surface area contributed by atoms with Gasteiger partial charge < -0.3 is 20.1 Å². The Labute approximate surface area is 264 Å². The average molecular weight is 620 g/mol. The molecule has 0 radical (unpaired) electrons. The minimum atomic E-state index is -0.890. The van der Waals surface area contributed by atoms with Crippen molar-refractivity contribution in [3.05, 3.63) is 47.7 Å². The van der Waals surface area contributed by atoms with Crippen LogP contribution in [0.3, 0.4) is 0 Å². The van der Waals surface area contributed by atoms with E-state index >= 15 is 0 Å². The summed E-state index contributed by atoms with van der Waals surface area (Å²) in [6, 6.07) is 7.25. The van der Waals surface area contributed by atoms with Gasteiger partial charge in [0.25, 0.3) is 5.91 Å². The molecule has 1 saturated carbocycles. The van der Waals surface area contributed by atoms with E-state index in [0.29, 0.717) is 50.8 Å². The summed E-state index contributed by atoms with van der Waals surface area (Å²) in [5, 5.41) is 8.15. The van der Waals surface area contributed by atoms with Crippen LogP contribution in [0, 0.1) is 11.3 Å². The number of benzene rings is 1. The number of aromatic nitrogens is 1. The molecular weight excluding hydrogens is 574 g/mol. The van der Waals surface area contributed by atoms with Gasteiger partial charge in [0.05, 0.1) is 22.7 Å². The molecule has 3 N–H and O–H groups in total. The molecule has 1 aliphatic carbocycles. The van der Waals surface area contributed by atoms with Gasteiger partial charge in [-0.05, 0) is 76.0 Å². The van der Waals surface area contributed by atoms with Gasteiger partial charge in [0.1, 0.15) is 24.2 Å². The summed E-state index contributed by atoms with van der Waals surface area (Å²) in [5.74, 6) is -1.75. The molecule has 2 fully saturated rings. The summed E-state index contributed by atoms with van der Waals surface area (Å²) < 4.78 is 11.4. The molecule has 2 aromatic rings. The monoisotopic (exact) mass is 619 g/mol. The fraction of sp³-hybridized carbons (Fsp3) is 0.559. The second-order valence-corrected chi connectivity index (χ2v) is 12.9. The van der Waals surface area contributed by atoms with E-state index in [1.165, 1.54) is 5.01 Å². The number of nitrogens with zero attached hydrogens (tertiary/aromatic N) is 2. The van der Waals surface area contributed by atoms with Gasteiger partial charge >= 0.3 is 5.97 Å². The van der Waals surface area contributed by atoms with Crippen molar-refractivity contribution in [1.29, 1.82) is 0 Å². The van der Waals surface area contributed by atoms with E-state index in [9.17, 15) is 19.2 Å². The number of hydrogen-bond donors (Lipinski definition) is 3. The number of esters is 1. The van der Waals surface area contributed by atoms with Crippen LogP contribution in [-0.4, -0.2) is 71.6 Å². The number of carbonyl (C=O) groups excluding carboxylic acids is 4. The molecule has 1 spiro atoms. The quantitative estimate of drug-likeness (QED) is 0.434. The Morgan fingerprint density at radius 3 is 2.47 bits per heavy atom. The Bertz CT molecular complexity index is 1470. The molecule has 242 valence electrons. The van der Waals surface area contributed by atoms with Crippen LogP contribution in [0.15, 0.2) is 36.4 Å². The summed E-state index contributed by atoms with van der Waals surface area (Å²) in [5.41, 5.74) is 4.38. The lowest BCUT2D eigenvalue weighted by Gasteiger charge is -2.38. The molecule has 1 aromatic heterocycles. The van der Waals surface area contributed by atoms with Gasteiger partial charge in [0.2, 0.25) is 11.8 Å². The maximum atomic E-state index is 14.1. The maximum Gasteiger partial charge on any atom is 0.325 e. The highest BCUT2D eigenvalue weighted by molar-refractivity contribution is 5.94. The smallest absolute Gasteiger partial charge is 0.325 e. The molecule has 5 bridgehead atoms. The van der Waals surface area contributed by atoms with Gasteiger partial charge in [0, 0.05) is 19.0 Å². The van der Waals surface area contributed by atoms with E-state index in [1.54, 1.807) is 21.0 Å². The van der Waals surface area contributed by atoms with Crippen LogP contribution in [0.4, 0.5) is 0 Å². The molecule has 3 amide bonds. The molecule has 3 aliphatic rings. The molecule has 2 aliphatic heterocycles. The highest BCUT2D eigenvalue weighted by Gasteiger charge is 2.42. The van der Waals surface area contributed by atoms with Crippen molar-refractivity contribution >= 4 is 40.7 Å². The van der Waals surface area contributed by atoms with E-state index < -0.39 is 41.5 Å². The molecule has 1 aromatic carbocycles. The summed E-state index contributed by atoms with van der Waals surface area (Å²) in [6.45, 7) is 7.49. The van der Waals surface area contributed by atoms with E-state index in [-0.39, 0.29) is 23.8 Å². The lowest BCUT2D eigenvalue weighted by Crippen LogP contribution is -2.61. The normalized spacial score (nSPS) is 30.4. The van der Waals surface area contributed by atoms with Crippen molar-refractivity contribution in [3.8, 4) is 0 Å². The van der Waals surface area contributed by atoms with Crippen LogP contribution in [0.5, 0.6) is 0 Å². The lowest BCUT2D eigenvalue weighted by molar-refractivity contribution is -0.157. The Morgan fingerprint density at radius 2 is 1.76 bits per heavy atom. The first-order chi connectivity index (χ1) is 21.5. The van der Waals surface area contributed by atoms with Crippen LogP contribution in [0.25, 0.3) is 17.0 Å². The van der Waals surface area contributed by atoms with Crippen molar-refractivity contribution in [3.63, 3.8) is 0 Å². The predicted molar refractivity (Wildman–Crippen MR) is 169 cm³/mol. The molecule has 11 heteroatoms. The first-order valence-electron chi connectivity index (χ1n) is 16.0. The summed E-state index contributed by atoms with van der Waals surface area (Å²) in [7, 11) is 1.69. The first-order valence-corrected chi connectivity index (χ1v) is 16.0. The number of methoxy groups -OCH3 is 1. The highest BCUT2D eigenvalue weighted by atomic mass is 16.5. The third kappa shape index (κ3) is 7.20. The van der Waals surface area contributed by atoms with Gasteiger partial charge in [-0.2, -0.15) is 0 Å². The summed E-state index contributed by atoms with van der Waals surface area (Å²) >= 11 is 0. The van der Waals surface area contributed by atoms with E-state index in [2.05, 4.69) is 16.1 Å². The molecule has 1 saturated heterocycles. The zero-order valence-corrected chi connectivity index (χ0v) is 26.8. The van der Waals surface area contributed by atoms with Crippen molar-refractivity contribution in [1.82, 2.24) is 26.1 Å². The van der Waals surface area contributed by atoms with Crippen molar-refractivity contribution in [2.24, 2.45) is 11.3 Å². The summed E-state index contributed by atoms with van der Waals surface area (Å²) in [4.78, 5) is 59.0. The van der Waals surface area contributed by atoms with Crippen molar-refractivity contribution in [2.75, 3.05) is 13.7 Å². The molecule has 3 heterocycles. The molecular formula is C34H45N5O6. The minimum absolute atomic E-state index is 0.0698. The van der Waals surface area contributed by atoms with Gasteiger partial charge in [-0.1, -0.05) is 44.2 Å². The largest absolute Gasteiger partial charge is 0.455 e. The Morgan fingerprint density at radius 1 is 1.02 bits per heavy atom. The molecule has 4 atom stereocenters. The minimum Gasteiger partial charge on any atom is -0.455 e. The van der Waals surface area contributed by atoms with Gasteiger partial charge in [0.15, 0.2) is 0 Å². The average Bonchev–Trinajstić information content (AvgIpc) is 3.04. The van der Waals surface area contributed by atoms with Gasteiger partial charge in [-0.3, -0.25) is 24.2 Å². The highest BCUT2D eigenvalue weighted by Crippen LogP contribution is 2.40. The number of nitrogens with one attached hydrogen (secondary N) is 3. The second-order valence-electron chi connectivity index (χ2n) is 12.9. The number of fused-ring (bicyclic) bond motifs is 4. The van der Waals surface area contributed by atoms with E-state index in [4.69, 9.17) is 14.5 Å². The van der Waals surface area contributed by atoms with E-state index in [0.717, 1.165) is 16.5 Å². The Kier molecular flexibility index (Phi) is 9.88. The van der Waals surface area contributed by atoms with Crippen LogP contribution >= 0.6 is 0 Å². The van der Waals surface area contributed by atoms with Crippen LogP contribution in [0.1, 0.15) is 83.6 Å². The summed E-state index contributed by atoms with van der Waals surface area (Å²) in [6.07, 6.45) is 7.00. The standard InChI is InChI=1S/C34H45N5O6/c1-20(2)29-30(40)35-21(3)31(41)39-18-6-7-27(38-39)32(42)45-22(4)26-11-10-24-9-8-23(19-28(24)36-26)12-15-34(33(43)37-29)16-13-25(44-5)14-17-34/h8-12,15,19-22,25,27,29,38H,6-7,13-14,16-18H2,1-5H3,(H,35,40)(H,37,43)/t21-,22+,25?,27-,29-,34?/m0/s1. The van der Waals surface area contributed by atoms with Crippen LogP contribution in [0.2, 0.25) is 0 Å². The van der Waals surface area contributed by atoms with Crippen molar-refractivity contribution < 1.29 is 28.7 Å². The predicted octanol–water partition coefficient (Wildman–Crippen LogP) is 3.58. The molecule has 0 unspecified atom stereocenters. The number of rotatable bonds is 2. The Balaban J connectivity index is 1.53. The van der Waals surface area contributed by atoms with Gasteiger partial charge in [-0.15, -0.1) is 0 Å². The number of carbonyl (C=O) groups is 4. The zero-order valence-electron chi connectivity index (χ0n) is 26.8. The fourth-order valence-corrected chi connectivity index (χ4v) is 6.40.